The van der Waals surface area contributed by atoms with Gasteiger partial charge in [0.1, 0.15) is 0 Å². The summed E-state index contributed by atoms with van der Waals surface area (Å²) in [7, 11) is 1.60. The van der Waals surface area contributed by atoms with Gasteiger partial charge in [0.15, 0.2) is 0 Å². The van der Waals surface area contributed by atoms with Crippen molar-refractivity contribution >= 4 is 17.5 Å². The molecule has 0 spiro atoms. The predicted molar refractivity (Wildman–Crippen MR) is 64.4 cm³/mol. The predicted octanol–water partition coefficient (Wildman–Crippen LogP) is 2.27. The minimum Gasteiger partial charge on any atom is -0.480 e. The smallest absolute Gasteiger partial charge is 0.315 e. The molecule has 17 heavy (non-hydrogen) atoms. The number of aromatic nitrogens is 3. The van der Waals surface area contributed by atoms with Gasteiger partial charge in [0, 0.05) is 16.9 Å². The molecule has 0 fully saturated rings. The lowest BCUT2D eigenvalue weighted by Gasteiger charge is -1.97. The van der Waals surface area contributed by atoms with Crippen LogP contribution < -0.4 is 10.1 Å². The lowest BCUT2D eigenvalue weighted by molar-refractivity contribution is 0.402. The van der Waals surface area contributed by atoms with Crippen LogP contribution in [0, 0.1) is 0 Å². The van der Waals surface area contributed by atoms with Gasteiger partial charge in [0.25, 0.3) is 0 Å². The molecule has 0 aliphatic rings. The number of ether oxygens (including phenoxy) is 1. The molecule has 0 aliphatic carbocycles. The molecule has 0 aromatic carbocycles. The van der Waals surface area contributed by atoms with E-state index in [4.69, 9.17) is 9.15 Å². The molecule has 0 aliphatic heterocycles. The zero-order chi connectivity index (χ0) is 12.3. The zero-order valence-electron chi connectivity index (χ0n) is 9.93. The van der Waals surface area contributed by atoms with Crippen molar-refractivity contribution in [1.82, 2.24) is 14.6 Å². The first-order valence-corrected chi connectivity index (χ1v) is 6.03. The van der Waals surface area contributed by atoms with E-state index in [0.717, 1.165) is 4.88 Å². The van der Waals surface area contributed by atoms with E-state index in [0.29, 0.717) is 24.3 Å². The SMILES string of the molecule is COc1cc(CNc2nnc(C(C)C)o2)sn1. The minimum atomic E-state index is 0.238. The number of rotatable bonds is 5. The second-order valence-corrected chi connectivity index (χ2v) is 4.68. The normalized spacial score (nSPS) is 10.8. The molecule has 0 atom stereocenters. The molecule has 0 amide bonds. The molecule has 2 aromatic heterocycles. The van der Waals surface area contributed by atoms with Gasteiger partial charge >= 0.3 is 6.01 Å². The van der Waals surface area contributed by atoms with E-state index in [1.165, 1.54) is 11.5 Å². The molecule has 0 saturated heterocycles. The number of hydrogen-bond donors (Lipinski definition) is 1. The van der Waals surface area contributed by atoms with E-state index in [9.17, 15) is 0 Å². The van der Waals surface area contributed by atoms with Gasteiger partial charge < -0.3 is 14.5 Å². The van der Waals surface area contributed by atoms with E-state index < -0.39 is 0 Å². The molecule has 6 nitrogen and oxygen atoms in total. The zero-order valence-corrected chi connectivity index (χ0v) is 10.7. The van der Waals surface area contributed by atoms with Crippen LogP contribution in [0.3, 0.4) is 0 Å². The molecule has 0 radical (unpaired) electrons. The minimum absolute atomic E-state index is 0.238. The number of hydrogen-bond acceptors (Lipinski definition) is 7. The van der Waals surface area contributed by atoms with Crippen LogP contribution in [0.1, 0.15) is 30.5 Å². The van der Waals surface area contributed by atoms with Gasteiger partial charge in [0.2, 0.25) is 11.8 Å². The Bertz CT molecular complexity index is 480. The average Bonchev–Trinajstić information content (AvgIpc) is 2.95. The Morgan fingerprint density at radius 1 is 1.47 bits per heavy atom. The molecule has 92 valence electrons. The molecule has 1 N–H and O–H groups in total. The maximum absolute atomic E-state index is 5.42. The van der Waals surface area contributed by atoms with Crippen LogP contribution >= 0.6 is 11.5 Å². The van der Waals surface area contributed by atoms with Crippen LogP contribution in [0.4, 0.5) is 6.01 Å². The van der Waals surface area contributed by atoms with E-state index in [2.05, 4.69) is 19.9 Å². The summed E-state index contributed by atoms with van der Waals surface area (Å²) in [5.74, 6) is 1.50. The summed E-state index contributed by atoms with van der Waals surface area (Å²) in [6.45, 7) is 4.61. The van der Waals surface area contributed by atoms with Gasteiger partial charge in [-0.05, 0) is 11.5 Å². The van der Waals surface area contributed by atoms with Crippen molar-refractivity contribution in [2.75, 3.05) is 12.4 Å². The third kappa shape index (κ3) is 2.94. The number of nitrogens with zero attached hydrogens (tertiary/aromatic N) is 3. The Hall–Kier alpha value is -1.63. The van der Waals surface area contributed by atoms with E-state index >= 15 is 0 Å². The first-order valence-electron chi connectivity index (χ1n) is 5.26. The number of methoxy groups -OCH3 is 1. The molecular weight excluding hydrogens is 240 g/mol. The standard InChI is InChI=1S/C10H14N4O2S/c1-6(2)9-12-13-10(16-9)11-5-7-4-8(15-3)14-17-7/h4,6H,5H2,1-3H3,(H,11,13). The fraction of sp³-hybridized carbons (Fsp3) is 0.500. The van der Waals surface area contributed by atoms with Crippen LogP contribution in [0.2, 0.25) is 0 Å². The third-order valence-corrected chi connectivity index (χ3v) is 2.86. The topological polar surface area (TPSA) is 73.1 Å². The van der Waals surface area contributed by atoms with Gasteiger partial charge in [-0.3, -0.25) is 0 Å². The van der Waals surface area contributed by atoms with Crippen LogP contribution in [0.5, 0.6) is 5.88 Å². The fourth-order valence-corrected chi connectivity index (χ4v) is 1.80. The summed E-state index contributed by atoms with van der Waals surface area (Å²) in [6, 6.07) is 2.30. The molecule has 2 aromatic rings. The van der Waals surface area contributed by atoms with Crippen molar-refractivity contribution in [2.45, 2.75) is 26.3 Å². The van der Waals surface area contributed by atoms with Crippen molar-refractivity contribution < 1.29 is 9.15 Å². The van der Waals surface area contributed by atoms with Crippen LogP contribution in [-0.2, 0) is 6.54 Å². The monoisotopic (exact) mass is 254 g/mol. The van der Waals surface area contributed by atoms with Gasteiger partial charge in [-0.15, -0.1) is 5.10 Å². The summed E-state index contributed by atoms with van der Waals surface area (Å²) < 4.78 is 14.5. The Labute approximate surface area is 103 Å². The van der Waals surface area contributed by atoms with E-state index in [1.807, 2.05) is 19.9 Å². The third-order valence-electron chi connectivity index (χ3n) is 2.09. The summed E-state index contributed by atoms with van der Waals surface area (Å²) in [6.07, 6.45) is 0. The van der Waals surface area contributed by atoms with Gasteiger partial charge in [0.05, 0.1) is 13.7 Å². The van der Waals surface area contributed by atoms with Crippen molar-refractivity contribution in [3.63, 3.8) is 0 Å². The Kier molecular flexibility index (Phi) is 3.58. The lowest BCUT2D eigenvalue weighted by Crippen LogP contribution is -1.97. The maximum Gasteiger partial charge on any atom is 0.315 e. The molecule has 0 bridgehead atoms. The molecule has 0 unspecified atom stereocenters. The van der Waals surface area contributed by atoms with Crippen molar-refractivity contribution in [1.29, 1.82) is 0 Å². The first kappa shape index (κ1) is 11.8. The second-order valence-electron chi connectivity index (χ2n) is 3.79. The molecule has 2 heterocycles. The lowest BCUT2D eigenvalue weighted by atomic mass is 10.2. The average molecular weight is 254 g/mol. The van der Waals surface area contributed by atoms with Crippen LogP contribution in [-0.4, -0.2) is 21.7 Å². The fourth-order valence-electron chi connectivity index (χ4n) is 1.18. The van der Waals surface area contributed by atoms with Crippen molar-refractivity contribution in [3.8, 4) is 5.88 Å². The second kappa shape index (κ2) is 5.13. The van der Waals surface area contributed by atoms with Crippen LogP contribution in [0.25, 0.3) is 0 Å². The highest BCUT2D eigenvalue weighted by Gasteiger charge is 2.09. The quantitative estimate of drug-likeness (QED) is 0.882. The Morgan fingerprint density at radius 2 is 2.29 bits per heavy atom. The number of anilines is 1. The van der Waals surface area contributed by atoms with Crippen LogP contribution in [0.15, 0.2) is 10.5 Å². The molecule has 2 rings (SSSR count). The van der Waals surface area contributed by atoms with Crippen molar-refractivity contribution in [2.24, 2.45) is 0 Å². The van der Waals surface area contributed by atoms with Gasteiger partial charge in [-0.2, -0.15) is 4.37 Å². The highest BCUT2D eigenvalue weighted by Crippen LogP contribution is 2.19. The first-order chi connectivity index (χ1) is 8.19. The van der Waals surface area contributed by atoms with Gasteiger partial charge in [-0.25, -0.2) is 0 Å². The summed E-state index contributed by atoms with van der Waals surface area (Å²) in [4.78, 5) is 1.05. The summed E-state index contributed by atoms with van der Waals surface area (Å²) in [5.41, 5.74) is 0. The molecular formula is C10H14N4O2S. The molecule has 7 heteroatoms. The largest absolute Gasteiger partial charge is 0.480 e. The highest BCUT2D eigenvalue weighted by atomic mass is 32.1. The van der Waals surface area contributed by atoms with Gasteiger partial charge in [-0.1, -0.05) is 18.9 Å². The highest BCUT2D eigenvalue weighted by molar-refractivity contribution is 7.05. The summed E-state index contributed by atoms with van der Waals surface area (Å²) >= 11 is 1.38. The molecule has 0 saturated carbocycles. The Morgan fingerprint density at radius 3 is 2.88 bits per heavy atom. The maximum atomic E-state index is 5.42. The van der Waals surface area contributed by atoms with E-state index in [1.54, 1.807) is 7.11 Å². The Balaban J connectivity index is 1.92. The van der Waals surface area contributed by atoms with Crippen molar-refractivity contribution in [3.05, 3.63) is 16.8 Å². The van der Waals surface area contributed by atoms with E-state index in [-0.39, 0.29) is 5.92 Å². The number of nitrogens with one attached hydrogen (secondary N) is 1. The summed E-state index contributed by atoms with van der Waals surface area (Å²) in [5, 5.41) is 10.9.